The average Bonchev–Trinajstić information content (AvgIpc) is 2.74. The Morgan fingerprint density at radius 3 is 2.93 bits per heavy atom. The summed E-state index contributed by atoms with van der Waals surface area (Å²) in [5.74, 6) is 0.744. The summed E-state index contributed by atoms with van der Waals surface area (Å²) in [5, 5.41) is 0. The highest BCUT2D eigenvalue weighted by Crippen LogP contribution is 2.33. The molecule has 0 unspecified atom stereocenters. The summed E-state index contributed by atoms with van der Waals surface area (Å²) in [6, 6.07) is 5.51. The van der Waals surface area contributed by atoms with Gasteiger partial charge in [-0.1, -0.05) is 11.6 Å². The third kappa shape index (κ3) is 1.74. The van der Waals surface area contributed by atoms with Gasteiger partial charge >= 0.3 is 0 Å². The summed E-state index contributed by atoms with van der Waals surface area (Å²) in [7, 11) is 0. The van der Waals surface area contributed by atoms with Crippen molar-refractivity contribution in [1.29, 1.82) is 0 Å². The number of carbonyl (C=O) groups excluding carboxylic acids is 1. The van der Waals surface area contributed by atoms with E-state index in [-0.39, 0.29) is 0 Å². The standard InChI is InChI=1S/C10H7ClO2S/c11-9-2-1-8(14-9)10-7(3-5-12)4-6-13-10/h1-2,4-6H,3H2. The molecule has 0 saturated carbocycles. The van der Waals surface area contributed by atoms with Gasteiger partial charge in [0.05, 0.1) is 15.5 Å². The number of halogens is 1. The molecule has 0 radical (unpaired) electrons. The Kier molecular flexibility index (Phi) is 2.70. The van der Waals surface area contributed by atoms with E-state index in [2.05, 4.69) is 0 Å². The molecule has 0 N–H and O–H groups in total. The van der Waals surface area contributed by atoms with Crippen molar-refractivity contribution in [2.45, 2.75) is 6.42 Å². The molecular formula is C10H7ClO2S. The van der Waals surface area contributed by atoms with Crippen LogP contribution in [-0.4, -0.2) is 6.29 Å². The predicted octanol–water partition coefficient (Wildman–Crippen LogP) is 3.40. The molecule has 0 bridgehead atoms. The molecule has 14 heavy (non-hydrogen) atoms. The van der Waals surface area contributed by atoms with Gasteiger partial charge in [-0.25, -0.2) is 0 Å². The molecular weight excluding hydrogens is 220 g/mol. The molecule has 0 aliphatic rings. The van der Waals surface area contributed by atoms with E-state index in [1.807, 2.05) is 12.1 Å². The van der Waals surface area contributed by atoms with Crippen LogP contribution in [0, 0.1) is 0 Å². The lowest BCUT2D eigenvalue weighted by Gasteiger charge is -1.94. The Balaban J connectivity index is 2.40. The summed E-state index contributed by atoms with van der Waals surface area (Å²) in [4.78, 5) is 11.4. The minimum atomic E-state index is 0.376. The predicted molar refractivity (Wildman–Crippen MR) is 56.8 cm³/mol. The molecule has 2 aromatic heterocycles. The van der Waals surface area contributed by atoms with Gasteiger partial charge in [-0.05, 0) is 18.2 Å². The lowest BCUT2D eigenvalue weighted by atomic mass is 10.2. The molecule has 0 amide bonds. The van der Waals surface area contributed by atoms with E-state index in [1.54, 1.807) is 12.3 Å². The van der Waals surface area contributed by atoms with E-state index >= 15 is 0 Å². The first-order chi connectivity index (χ1) is 6.81. The zero-order valence-electron chi connectivity index (χ0n) is 7.20. The van der Waals surface area contributed by atoms with E-state index < -0.39 is 0 Å². The minimum absolute atomic E-state index is 0.376. The smallest absolute Gasteiger partial charge is 0.147 e. The minimum Gasteiger partial charge on any atom is -0.463 e. The maximum absolute atomic E-state index is 10.4. The van der Waals surface area contributed by atoms with E-state index in [1.165, 1.54) is 11.3 Å². The number of thiophene rings is 1. The first kappa shape index (κ1) is 9.49. The number of rotatable bonds is 3. The van der Waals surface area contributed by atoms with Crippen LogP contribution in [0.15, 0.2) is 28.9 Å². The Hall–Kier alpha value is -1.06. The van der Waals surface area contributed by atoms with E-state index in [4.69, 9.17) is 16.0 Å². The van der Waals surface area contributed by atoms with E-state index in [0.29, 0.717) is 10.8 Å². The van der Waals surface area contributed by atoms with Gasteiger partial charge in [0.1, 0.15) is 12.0 Å². The zero-order chi connectivity index (χ0) is 9.97. The summed E-state index contributed by atoms with van der Waals surface area (Å²) in [6.07, 6.45) is 2.83. The molecule has 0 saturated heterocycles. The van der Waals surface area contributed by atoms with Crippen molar-refractivity contribution in [2.24, 2.45) is 0 Å². The molecule has 0 aromatic carbocycles. The summed E-state index contributed by atoms with van der Waals surface area (Å²) < 4.78 is 6.03. The van der Waals surface area contributed by atoms with Gasteiger partial charge < -0.3 is 9.21 Å². The third-order valence-electron chi connectivity index (χ3n) is 1.85. The number of hydrogen-bond acceptors (Lipinski definition) is 3. The van der Waals surface area contributed by atoms with E-state index in [9.17, 15) is 4.79 Å². The highest BCUT2D eigenvalue weighted by molar-refractivity contribution is 7.19. The van der Waals surface area contributed by atoms with Crippen LogP contribution >= 0.6 is 22.9 Å². The van der Waals surface area contributed by atoms with Gasteiger partial charge in [0.2, 0.25) is 0 Å². The van der Waals surface area contributed by atoms with Crippen molar-refractivity contribution >= 4 is 29.2 Å². The number of carbonyl (C=O) groups is 1. The Bertz CT molecular complexity index is 444. The fourth-order valence-electron chi connectivity index (χ4n) is 1.24. The van der Waals surface area contributed by atoms with Crippen LogP contribution < -0.4 is 0 Å². The SMILES string of the molecule is O=CCc1ccoc1-c1ccc(Cl)s1. The fraction of sp³-hybridized carbons (Fsp3) is 0.100. The van der Waals surface area contributed by atoms with Crippen molar-refractivity contribution in [3.63, 3.8) is 0 Å². The topological polar surface area (TPSA) is 30.2 Å². The molecule has 4 heteroatoms. The lowest BCUT2D eigenvalue weighted by molar-refractivity contribution is -0.107. The first-order valence-corrected chi connectivity index (χ1v) is 5.26. The van der Waals surface area contributed by atoms with Gasteiger partial charge in [0.25, 0.3) is 0 Å². The van der Waals surface area contributed by atoms with Crippen LogP contribution in [0.1, 0.15) is 5.56 Å². The Morgan fingerprint density at radius 2 is 2.29 bits per heavy atom. The molecule has 0 aliphatic heterocycles. The van der Waals surface area contributed by atoms with Crippen LogP contribution in [-0.2, 0) is 11.2 Å². The second-order valence-electron chi connectivity index (χ2n) is 2.75. The van der Waals surface area contributed by atoms with Gasteiger partial charge in [-0.3, -0.25) is 0 Å². The lowest BCUT2D eigenvalue weighted by Crippen LogP contribution is -1.83. The first-order valence-electron chi connectivity index (χ1n) is 4.07. The number of aldehydes is 1. The van der Waals surface area contributed by atoms with Crippen LogP contribution in [0.2, 0.25) is 4.34 Å². The molecule has 0 atom stereocenters. The van der Waals surface area contributed by atoms with Crippen LogP contribution in [0.3, 0.4) is 0 Å². The monoisotopic (exact) mass is 226 g/mol. The summed E-state index contributed by atoms with van der Waals surface area (Å²) >= 11 is 7.26. The molecule has 2 heterocycles. The summed E-state index contributed by atoms with van der Waals surface area (Å²) in [6.45, 7) is 0. The van der Waals surface area contributed by atoms with E-state index in [0.717, 1.165) is 22.5 Å². The average molecular weight is 227 g/mol. The zero-order valence-corrected chi connectivity index (χ0v) is 8.77. The highest BCUT2D eigenvalue weighted by Gasteiger charge is 2.10. The Morgan fingerprint density at radius 1 is 1.43 bits per heavy atom. The number of hydrogen-bond donors (Lipinski definition) is 0. The van der Waals surface area contributed by atoms with Crippen molar-refractivity contribution in [2.75, 3.05) is 0 Å². The van der Waals surface area contributed by atoms with Crippen molar-refractivity contribution in [1.82, 2.24) is 0 Å². The second kappa shape index (κ2) is 3.98. The van der Waals surface area contributed by atoms with Gasteiger partial charge in [-0.15, -0.1) is 11.3 Å². The Labute approximate surface area is 90.1 Å². The van der Waals surface area contributed by atoms with Gasteiger partial charge in [0.15, 0.2) is 0 Å². The summed E-state index contributed by atoms with van der Waals surface area (Å²) in [5.41, 5.74) is 0.901. The maximum atomic E-state index is 10.4. The van der Waals surface area contributed by atoms with Crippen molar-refractivity contribution in [3.05, 3.63) is 34.4 Å². The quantitative estimate of drug-likeness (QED) is 0.751. The van der Waals surface area contributed by atoms with Crippen LogP contribution in [0.25, 0.3) is 10.6 Å². The third-order valence-corrected chi connectivity index (χ3v) is 3.08. The molecule has 0 spiro atoms. The largest absolute Gasteiger partial charge is 0.463 e. The molecule has 0 aliphatic carbocycles. The highest BCUT2D eigenvalue weighted by atomic mass is 35.5. The van der Waals surface area contributed by atoms with Gasteiger partial charge in [-0.2, -0.15) is 0 Å². The molecule has 2 nitrogen and oxygen atoms in total. The number of furan rings is 1. The van der Waals surface area contributed by atoms with Gasteiger partial charge in [0, 0.05) is 12.0 Å². The molecule has 2 rings (SSSR count). The maximum Gasteiger partial charge on any atom is 0.147 e. The molecule has 72 valence electrons. The molecule has 0 fully saturated rings. The van der Waals surface area contributed by atoms with Crippen molar-refractivity contribution < 1.29 is 9.21 Å². The normalized spacial score (nSPS) is 10.4. The van der Waals surface area contributed by atoms with Crippen LogP contribution in [0.5, 0.6) is 0 Å². The molecule has 2 aromatic rings. The van der Waals surface area contributed by atoms with Crippen molar-refractivity contribution in [3.8, 4) is 10.6 Å². The fourth-order valence-corrected chi connectivity index (χ4v) is 2.31. The second-order valence-corrected chi connectivity index (χ2v) is 4.46. The van der Waals surface area contributed by atoms with Crippen LogP contribution in [0.4, 0.5) is 0 Å².